The number of aromatic nitrogens is 3. The molecule has 2 aliphatic rings. The van der Waals surface area contributed by atoms with E-state index in [0.29, 0.717) is 5.82 Å². The Morgan fingerprint density at radius 1 is 0.404 bits per heavy atom. The van der Waals surface area contributed by atoms with E-state index in [1.54, 1.807) is 0 Å². The zero-order valence-corrected chi connectivity index (χ0v) is 28.8. The average Bonchev–Trinajstić information content (AvgIpc) is 3.48. The van der Waals surface area contributed by atoms with Gasteiger partial charge in [0.15, 0.2) is 5.82 Å². The molecule has 0 unspecified atom stereocenters. The van der Waals surface area contributed by atoms with Crippen LogP contribution in [-0.4, -0.2) is 15.0 Å². The van der Waals surface area contributed by atoms with Gasteiger partial charge in [0.05, 0.1) is 16.8 Å². The van der Waals surface area contributed by atoms with Crippen molar-refractivity contribution < 1.29 is 4.74 Å². The van der Waals surface area contributed by atoms with Crippen molar-refractivity contribution in [2.45, 2.75) is 19.3 Å². The van der Waals surface area contributed by atoms with Crippen LogP contribution in [0.2, 0.25) is 0 Å². The third kappa shape index (κ3) is 4.58. The molecule has 0 bridgehead atoms. The van der Waals surface area contributed by atoms with E-state index >= 15 is 0 Å². The fourth-order valence-electron chi connectivity index (χ4n) is 8.29. The summed E-state index contributed by atoms with van der Waals surface area (Å²) in [6.45, 7) is 4.09. The third-order valence-electron chi connectivity index (χ3n) is 10.6. The lowest BCUT2D eigenvalue weighted by Crippen LogP contribution is -2.32. The Labute approximate surface area is 303 Å². The molecule has 0 fully saturated rings. The predicted octanol–water partition coefficient (Wildman–Crippen LogP) is 11.6. The number of hydrogen-bond donors (Lipinski definition) is 0. The van der Waals surface area contributed by atoms with Crippen molar-refractivity contribution in [3.8, 4) is 67.7 Å². The standard InChI is InChI=1S/C48H33N3O/c1-30-20-26-36(31(2)49-30)32-21-23-33(24-22-32)43-29-44(51-47(50-43)34-12-4-3-5-13-34)35-25-27-38-37-14-6-7-15-39(37)48(42(38)28-35)40-16-8-10-18-45(40)52-46-19-11-9-17-41(46)48/h3-29H,1-2H3. The van der Waals surface area contributed by atoms with Crippen molar-refractivity contribution >= 4 is 0 Å². The summed E-state index contributed by atoms with van der Waals surface area (Å²) in [5.74, 6) is 2.45. The quantitative estimate of drug-likeness (QED) is 0.187. The van der Waals surface area contributed by atoms with Crippen LogP contribution < -0.4 is 4.74 Å². The fourth-order valence-corrected chi connectivity index (χ4v) is 8.29. The second-order valence-electron chi connectivity index (χ2n) is 13.6. The molecule has 0 radical (unpaired) electrons. The van der Waals surface area contributed by atoms with E-state index in [1.807, 2.05) is 25.1 Å². The minimum atomic E-state index is -0.551. The van der Waals surface area contributed by atoms with E-state index < -0.39 is 5.41 Å². The van der Waals surface area contributed by atoms with E-state index in [-0.39, 0.29) is 0 Å². The zero-order chi connectivity index (χ0) is 34.8. The molecule has 6 aromatic carbocycles. The van der Waals surface area contributed by atoms with Crippen LogP contribution in [0.5, 0.6) is 11.5 Å². The minimum Gasteiger partial charge on any atom is -0.457 e. The van der Waals surface area contributed by atoms with Gasteiger partial charge in [0.2, 0.25) is 0 Å². The van der Waals surface area contributed by atoms with Crippen LogP contribution >= 0.6 is 0 Å². The molecule has 1 aliphatic carbocycles. The monoisotopic (exact) mass is 667 g/mol. The molecule has 0 N–H and O–H groups in total. The van der Waals surface area contributed by atoms with Crippen molar-refractivity contribution in [1.82, 2.24) is 15.0 Å². The summed E-state index contributed by atoms with van der Waals surface area (Å²) in [5.41, 5.74) is 15.8. The van der Waals surface area contributed by atoms with Crippen LogP contribution in [0.4, 0.5) is 0 Å². The van der Waals surface area contributed by atoms with Gasteiger partial charge in [0.25, 0.3) is 0 Å². The molecule has 246 valence electrons. The van der Waals surface area contributed by atoms with Crippen molar-refractivity contribution in [2.75, 3.05) is 0 Å². The first-order valence-corrected chi connectivity index (χ1v) is 17.7. The van der Waals surface area contributed by atoms with Gasteiger partial charge in [-0.3, -0.25) is 4.98 Å². The Morgan fingerprint density at radius 2 is 0.962 bits per heavy atom. The first-order chi connectivity index (χ1) is 25.6. The van der Waals surface area contributed by atoms with Gasteiger partial charge >= 0.3 is 0 Å². The van der Waals surface area contributed by atoms with E-state index in [2.05, 4.69) is 158 Å². The number of pyridine rings is 1. The summed E-state index contributed by atoms with van der Waals surface area (Å²) in [4.78, 5) is 15.1. The highest BCUT2D eigenvalue weighted by Crippen LogP contribution is 2.62. The second-order valence-corrected chi connectivity index (χ2v) is 13.6. The minimum absolute atomic E-state index is 0.551. The lowest BCUT2D eigenvalue weighted by Gasteiger charge is -2.39. The lowest BCUT2D eigenvalue weighted by atomic mass is 9.66. The van der Waals surface area contributed by atoms with E-state index in [1.165, 1.54) is 22.3 Å². The molecule has 0 amide bonds. The molecular formula is C48H33N3O. The Hall–Kier alpha value is -6.65. The molecular weight excluding hydrogens is 635 g/mol. The number of rotatable bonds is 4. The van der Waals surface area contributed by atoms with Gasteiger partial charge in [-0.2, -0.15) is 0 Å². The van der Waals surface area contributed by atoms with E-state index in [4.69, 9.17) is 14.7 Å². The number of hydrogen-bond acceptors (Lipinski definition) is 4. The van der Waals surface area contributed by atoms with Crippen molar-refractivity contribution in [2.24, 2.45) is 0 Å². The summed E-state index contributed by atoms with van der Waals surface area (Å²) in [6, 6.07) is 57.8. The van der Waals surface area contributed by atoms with Crippen molar-refractivity contribution in [3.05, 3.63) is 197 Å². The molecule has 3 heterocycles. The molecule has 52 heavy (non-hydrogen) atoms. The van der Waals surface area contributed by atoms with Crippen LogP contribution in [-0.2, 0) is 5.41 Å². The van der Waals surface area contributed by atoms with Crippen molar-refractivity contribution in [1.29, 1.82) is 0 Å². The maximum absolute atomic E-state index is 6.56. The molecule has 0 saturated heterocycles. The highest BCUT2D eigenvalue weighted by Gasteiger charge is 2.51. The smallest absolute Gasteiger partial charge is 0.160 e. The largest absolute Gasteiger partial charge is 0.457 e. The summed E-state index contributed by atoms with van der Waals surface area (Å²) in [5, 5.41) is 0. The van der Waals surface area contributed by atoms with Gasteiger partial charge in [-0.15, -0.1) is 0 Å². The molecule has 8 aromatic rings. The van der Waals surface area contributed by atoms with Crippen LogP contribution in [0, 0.1) is 13.8 Å². The number of para-hydroxylation sites is 2. The maximum atomic E-state index is 6.56. The van der Waals surface area contributed by atoms with Crippen LogP contribution in [0.25, 0.3) is 56.2 Å². The number of aryl methyl sites for hydroxylation is 2. The van der Waals surface area contributed by atoms with Crippen LogP contribution in [0.1, 0.15) is 33.6 Å². The number of benzene rings is 6. The molecule has 1 spiro atoms. The van der Waals surface area contributed by atoms with Gasteiger partial charge in [-0.1, -0.05) is 133 Å². The highest BCUT2D eigenvalue weighted by atomic mass is 16.5. The Balaban J connectivity index is 1.17. The topological polar surface area (TPSA) is 47.9 Å². The summed E-state index contributed by atoms with van der Waals surface area (Å²) in [6.07, 6.45) is 0. The molecule has 10 rings (SSSR count). The van der Waals surface area contributed by atoms with E-state index in [9.17, 15) is 0 Å². The van der Waals surface area contributed by atoms with Gasteiger partial charge < -0.3 is 4.74 Å². The van der Waals surface area contributed by atoms with E-state index in [0.717, 1.165) is 73.2 Å². The first-order valence-electron chi connectivity index (χ1n) is 17.7. The second kappa shape index (κ2) is 11.7. The number of nitrogens with zero attached hydrogens (tertiary/aromatic N) is 3. The first kappa shape index (κ1) is 30.2. The Kier molecular flexibility index (Phi) is 6.80. The van der Waals surface area contributed by atoms with Gasteiger partial charge in [-0.05, 0) is 72.0 Å². The summed E-state index contributed by atoms with van der Waals surface area (Å²) in [7, 11) is 0. The number of fused-ring (bicyclic) bond motifs is 9. The lowest BCUT2D eigenvalue weighted by molar-refractivity contribution is 0.436. The molecule has 0 saturated carbocycles. The molecule has 0 atom stereocenters. The number of ether oxygens (including phenoxy) is 1. The molecule has 2 aromatic heterocycles. The SMILES string of the molecule is Cc1ccc(-c2ccc(-c3cc(-c4ccc5c(c4)C4(c6ccccc6Oc6ccccc64)c4ccccc4-5)nc(-c4ccccc4)n3)cc2)c(C)n1. The van der Waals surface area contributed by atoms with Gasteiger partial charge in [0, 0.05) is 44.8 Å². The average molecular weight is 668 g/mol. The Bertz CT molecular complexity index is 2630. The highest BCUT2D eigenvalue weighted by molar-refractivity contribution is 5.90. The molecule has 4 heteroatoms. The summed E-state index contributed by atoms with van der Waals surface area (Å²) < 4.78 is 6.56. The van der Waals surface area contributed by atoms with Crippen LogP contribution in [0.3, 0.4) is 0 Å². The maximum Gasteiger partial charge on any atom is 0.160 e. The predicted molar refractivity (Wildman–Crippen MR) is 208 cm³/mol. The summed E-state index contributed by atoms with van der Waals surface area (Å²) >= 11 is 0. The molecule has 4 nitrogen and oxygen atoms in total. The normalized spacial score (nSPS) is 13.1. The Morgan fingerprint density at radius 3 is 1.67 bits per heavy atom. The molecule has 1 aliphatic heterocycles. The van der Waals surface area contributed by atoms with Crippen LogP contribution in [0.15, 0.2) is 164 Å². The third-order valence-corrected chi connectivity index (χ3v) is 10.6. The van der Waals surface area contributed by atoms with Crippen molar-refractivity contribution in [3.63, 3.8) is 0 Å². The van der Waals surface area contributed by atoms with Gasteiger partial charge in [0.1, 0.15) is 11.5 Å². The van der Waals surface area contributed by atoms with Gasteiger partial charge in [-0.25, -0.2) is 9.97 Å². The fraction of sp³-hybridized carbons (Fsp3) is 0.0625. The zero-order valence-electron chi connectivity index (χ0n) is 28.8.